The summed E-state index contributed by atoms with van der Waals surface area (Å²) in [5.41, 5.74) is 0.678. The van der Waals surface area contributed by atoms with E-state index in [2.05, 4.69) is 14.9 Å². The minimum Gasteiger partial charge on any atom is -0.391 e. The van der Waals surface area contributed by atoms with Gasteiger partial charge in [-0.1, -0.05) is 0 Å². The number of likely N-dealkylation sites (tertiary alicyclic amines) is 1. The zero-order valence-electron chi connectivity index (χ0n) is 14.9. The summed E-state index contributed by atoms with van der Waals surface area (Å²) in [6.45, 7) is 3.20. The van der Waals surface area contributed by atoms with Crippen molar-refractivity contribution in [2.45, 2.75) is 37.8 Å². The van der Waals surface area contributed by atoms with Crippen molar-refractivity contribution in [3.8, 4) is 0 Å². The normalized spacial score (nSPS) is 23.9. The van der Waals surface area contributed by atoms with E-state index < -0.39 is 6.10 Å². The summed E-state index contributed by atoms with van der Waals surface area (Å²) in [5.74, 6) is 0.908. The summed E-state index contributed by atoms with van der Waals surface area (Å²) in [6, 6.07) is 3.66. The third kappa shape index (κ3) is 3.44. The molecule has 0 aromatic carbocycles. The molecule has 0 aliphatic carbocycles. The molecule has 26 heavy (non-hydrogen) atoms. The van der Waals surface area contributed by atoms with Gasteiger partial charge in [-0.2, -0.15) is 0 Å². The van der Waals surface area contributed by atoms with Gasteiger partial charge in [-0.15, -0.1) is 0 Å². The average Bonchev–Trinajstić information content (AvgIpc) is 3.35. The van der Waals surface area contributed by atoms with Crippen molar-refractivity contribution in [3.63, 3.8) is 0 Å². The Kier molecular flexibility index (Phi) is 4.88. The Labute approximate surface area is 153 Å². The van der Waals surface area contributed by atoms with Crippen molar-refractivity contribution < 1.29 is 9.90 Å². The monoisotopic (exact) mass is 355 g/mol. The van der Waals surface area contributed by atoms with E-state index >= 15 is 0 Å². The number of aliphatic hydroxyl groups is 1. The summed E-state index contributed by atoms with van der Waals surface area (Å²) < 4.78 is 1.94. The van der Waals surface area contributed by atoms with Gasteiger partial charge in [0.1, 0.15) is 5.82 Å². The first kappa shape index (κ1) is 17.0. The molecule has 2 aliphatic rings. The number of pyridine rings is 1. The largest absolute Gasteiger partial charge is 0.391 e. The van der Waals surface area contributed by atoms with Crippen molar-refractivity contribution >= 4 is 11.7 Å². The fourth-order valence-electron chi connectivity index (χ4n) is 3.94. The number of carbonyl (C=O) groups excluding carboxylic acids is 1. The van der Waals surface area contributed by atoms with E-state index in [4.69, 9.17) is 0 Å². The van der Waals surface area contributed by atoms with E-state index in [1.165, 1.54) is 12.8 Å². The molecule has 1 amide bonds. The van der Waals surface area contributed by atoms with Crippen LogP contribution < -0.4 is 4.90 Å². The first-order chi connectivity index (χ1) is 12.7. The first-order valence-electron chi connectivity index (χ1n) is 9.38. The third-order valence-electron chi connectivity index (χ3n) is 5.45. The highest BCUT2D eigenvalue weighted by Crippen LogP contribution is 2.25. The number of hydrogen-bond acceptors (Lipinski definition) is 5. The number of amides is 1. The molecule has 2 aliphatic heterocycles. The van der Waals surface area contributed by atoms with Crippen molar-refractivity contribution in [2.24, 2.45) is 0 Å². The Morgan fingerprint density at radius 3 is 2.69 bits per heavy atom. The summed E-state index contributed by atoms with van der Waals surface area (Å²) in [4.78, 5) is 25.6. The topological polar surface area (TPSA) is 74.5 Å². The first-order valence-corrected chi connectivity index (χ1v) is 9.38. The molecule has 7 nitrogen and oxygen atoms in total. The molecule has 2 aromatic rings. The molecule has 4 heterocycles. The van der Waals surface area contributed by atoms with Gasteiger partial charge in [0.05, 0.1) is 18.5 Å². The zero-order valence-corrected chi connectivity index (χ0v) is 14.9. The van der Waals surface area contributed by atoms with Gasteiger partial charge in [0.15, 0.2) is 0 Å². The zero-order chi connectivity index (χ0) is 17.9. The van der Waals surface area contributed by atoms with E-state index in [9.17, 15) is 9.90 Å². The Balaban J connectivity index is 1.47. The average molecular weight is 355 g/mol. The molecule has 0 saturated carbocycles. The van der Waals surface area contributed by atoms with E-state index in [1.807, 2.05) is 21.7 Å². The lowest BCUT2D eigenvalue weighted by Gasteiger charge is -2.22. The van der Waals surface area contributed by atoms with Crippen LogP contribution in [0.3, 0.4) is 0 Å². The van der Waals surface area contributed by atoms with Crippen LogP contribution in [0.4, 0.5) is 5.82 Å². The van der Waals surface area contributed by atoms with Crippen LogP contribution in [0.2, 0.25) is 0 Å². The maximum absolute atomic E-state index is 13.0. The van der Waals surface area contributed by atoms with Crippen LogP contribution in [0, 0.1) is 0 Å². The summed E-state index contributed by atoms with van der Waals surface area (Å²) in [6.07, 6.45) is 10.2. The minimum absolute atomic E-state index is 0.0197. The SMILES string of the molecule is O=C(c1ccnc(N2CCCC2)c1)N1CC[C@H](O)[C@@H](n2ccnc2)CC1. The van der Waals surface area contributed by atoms with Crippen molar-refractivity contribution in [1.82, 2.24) is 19.4 Å². The number of rotatable bonds is 3. The highest BCUT2D eigenvalue weighted by Gasteiger charge is 2.28. The van der Waals surface area contributed by atoms with Crippen LogP contribution in [0.5, 0.6) is 0 Å². The Morgan fingerprint density at radius 2 is 1.92 bits per heavy atom. The molecule has 1 N–H and O–H groups in total. The summed E-state index contributed by atoms with van der Waals surface area (Å²) in [5, 5.41) is 10.5. The van der Waals surface area contributed by atoms with Crippen LogP contribution in [0.1, 0.15) is 42.1 Å². The predicted octanol–water partition coefficient (Wildman–Crippen LogP) is 1.72. The van der Waals surface area contributed by atoms with Gasteiger partial charge in [0.2, 0.25) is 0 Å². The van der Waals surface area contributed by atoms with Crippen molar-refractivity contribution in [3.05, 3.63) is 42.6 Å². The molecule has 4 rings (SSSR count). The van der Waals surface area contributed by atoms with Crippen LogP contribution in [-0.4, -0.2) is 62.7 Å². The molecular formula is C19H25N5O2. The fraction of sp³-hybridized carbons (Fsp3) is 0.526. The maximum atomic E-state index is 13.0. The Bertz CT molecular complexity index is 742. The van der Waals surface area contributed by atoms with Gasteiger partial charge in [-0.25, -0.2) is 9.97 Å². The van der Waals surface area contributed by atoms with Gasteiger partial charge < -0.3 is 19.5 Å². The van der Waals surface area contributed by atoms with Crippen LogP contribution in [-0.2, 0) is 0 Å². The van der Waals surface area contributed by atoms with E-state index in [1.54, 1.807) is 24.8 Å². The molecule has 0 spiro atoms. The number of aliphatic hydroxyl groups excluding tert-OH is 1. The van der Waals surface area contributed by atoms with Crippen LogP contribution in [0.25, 0.3) is 0 Å². The second-order valence-electron chi connectivity index (χ2n) is 7.11. The molecule has 0 unspecified atom stereocenters. The number of imidazole rings is 1. The number of nitrogens with zero attached hydrogens (tertiary/aromatic N) is 5. The molecule has 0 radical (unpaired) electrons. The highest BCUT2D eigenvalue weighted by molar-refractivity contribution is 5.94. The standard InChI is InChI=1S/C19H25N5O2/c25-17-5-11-23(10-4-16(17)24-12-7-20-14-24)19(26)15-3-6-21-18(13-15)22-8-1-2-9-22/h3,6-7,12-14,16-17,25H,1-2,4-5,8-11H2/t16-,17-/m0/s1. The minimum atomic E-state index is -0.473. The van der Waals surface area contributed by atoms with Gasteiger partial charge in [0, 0.05) is 50.3 Å². The van der Waals surface area contributed by atoms with Crippen molar-refractivity contribution in [2.75, 3.05) is 31.1 Å². The lowest BCUT2D eigenvalue weighted by Crippen LogP contribution is -2.32. The lowest BCUT2D eigenvalue weighted by atomic mass is 10.1. The highest BCUT2D eigenvalue weighted by atomic mass is 16.3. The molecule has 7 heteroatoms. The third-order valence-corrected chi connectivity index (χ3v) is 5.45. The maximum Gasteiger partial charge on any atom is 0.254 e. The smallest absolute Gasteiger partial charge is 0.254 e. The number of anilines is 1. The fourth-order valence-corrected chi connectivity index (χ4v) is 3.94. The Hall–Kier alpha value is -2.41. The van der Waals surface area contributed by atoms with Gasteiger partial charge >= 0.3 is 0 Å². The Morgan fingerprint density at radius 1 is 1.12 bits per heavy atom. The predicted molar refractivity (Wildman–Crippen MR) is 98.1 cm³/mol. The molecule has 2 atom stereocenters. The molecule has 2 aromatic heterocycles. The second-order valence-corrected chi connectivity index (χ2v) is 7.11. The molecular weight excluding hydrogens is 330 g/mol. The number of aromatic nitrogens is 3. The lowest BCUT2D eigenvalue weighted by molar-refractivity contribution is 0.0751. The number of carbonyl (C=O) groups is 1. The van der Waals surface area contributed by atoms with Gasteiger partial charge in [0.25, 0.3) is 5.91 Å². The van der Waals surface area contributed by atoms with E-state index in [-0.39, 0.29) is 11.9 Å². The van der Waals surface area contributed by atoms with E-state index in [0.29, 0.717) is 31.5 Å². The molecule has 138 valence electrons. The van der Waals surface area contributed by atoms with Gasteiger partial charge in [-0.05, 0) is 37.8 Å². The van der Waals surface area contributed by atoms with Crippen LogP contribution >= 0.6 is 0 Å². The molecule has 0 bridgehead atoms. The molecule has 2 saturated heterocycles. The molecule has 2 fully saturated rings. The quantitative estimate of drug-likeness (QED) is 0.907. The number of hydrogen-bond donors (Lipinski definition) is 1. The second kappa shape index (κ2) is 7.45. The summed E-state index contributed by atoms with van der Waals surface area (Å²) >= 11 is 0. The van der Waals surface area contributed by atoms with Gasteiger partial charge in [-0.3, -0.25) is 4.79 Å². The van der Waals surface area contributed by atoms with Crippen LogP contribution in [0.15, 0.2) is 37.1 Å². The van der Waals surface area contributed by atoms with E-state index in [0.717, 1.165) is 18.9 Å². The summed E-state index contributed by atoms with van der Waals surface area (Å²) in [7, 11) is 0. The van der Waals surface area contributed by atoms with Crippen molar-refractivity contribution in [1.29, 1.82) is 0 Å².